The van der Waals surface area contributed by atoms with E-state index < -0.39 is 42.3 Å². The molecule has 1 heterocycles. The van der Waals surface area contributed by atoms with Crippen molar-refractivity contribution >= 4 is 17.9 Å². The molecular weight excluding hydrogens is 428 g/mol. The molecule has 2 aromatic rings. The number of ether oxygens (including phenoxy) is 5. The lowest BCUT2D eigenvalue weighted by Crippen LogP contribution is -2.36. The lowest BCUT2D eigenvalue weighted by molar-refractivity contribution is -0.195. The molecule has 8 heteroatoms. The molecule has 0 N–H and O–H groups in total. The molecule has 0 radical (unpaired) electrons. The van der Waals surface area contributed by atoms with Gasteiger partial charge in [-0.05, 0) is 24.1 Å². The van der Waals surface area contributed by atoms with Gasteiger partial charge in [0.05, 0.1) is 12.2 Å². The van der Waals surface area contributed by atoms with E-state index in [1.807, 2.05) is 30.3 Å². The van der Waals surface area contributed by atoms with Crippen molar-refractivity contribution in [2.45, 2.75) is 45.4 Å². The summed E-state index contributed by atoms with van der Waals surface area (Å²) in [5, 5.41) is 0. The van der Waals surface area contributed by atoms with E-state index in [-0.39, 0.29) is 6.61 Å². The third-order valence-corrected chi connectivity index (χ3v) is 5.16. The Morgan fingerprint density at radius 1 is 0.879 bits per heavy atom. The maximum atomic E-state index is 12.4. The second kappa shape index (κ2) is 12.1. The van der Waals surface area contributed by atoms with E-state index in [2.05, 4.69) is 0 Å². The molecule has 0 bridgehead atoms. The van der Waals surface area contributed by atoms with Gasteiger partial charge in [0, 0.05) is 26.4 Å². The van der Waals surface area contributed by atoms with Crippen LogP contribution < -0.4 is 0 Å². The summed E-state index contributed by atoms with van der Waals surface area (Å²) in [6.45, 7) is 3.20. The summed E-state index contributed by atoms with van der Waals surface area (Å²) in [4.78, 5) is 35.6. The number of carbonyl (C=O) groups excluding carboxylic acids is 3. The molecule has 4 atom stereocenters. The zero-order valence-corrected chi connectivity index (χ0v) is 18.7. The van der Waals surface area contributed by atoms with E-state index in [4.69, 9.17) is 23.7 Å². The zero-order chi connectivity index (χ0) is 23.6. The molecule has 1 saturated heterocycles. The minimum atomic E-state index is -1.09. The Kier molecular flexibility index (Phi) is 8.97. The van der Waals surface area contributed by atoms with Crippen LogP contribution in [0.1, 0.15) is 36.2 Å². The first kappa shape index (κ1) is 24.4. The Bertz CT molecular complexity index is 915. The summed E-state index contributed by atoms with van der Waals surface area (Å²) in [5.74, 6) is -2.01. The first-order chi connectivity index (χ1) is 15.9. The topological polar surface area (TPSA) is 97.4 Å². The predicted octanol–water partition coefficient (Wildman–Crippen LogP) is 3.29. The Morgan fingerprint density at radius 2 is 1.52 bits per heavy atom. The lowest BCUT2D eigenvalue weighted by atomic mass is 9.95. The van der Waals surface area contributed by atoms with Gasteiger partial charge in [-0.2, -0.15) is 0 Å². The first-order valence-corrected chi connectivity index (χ1v) is 10.8. The molecule has 1 aliphatic rings. The van der Waals surface area contributed by atoms with Gasteiger partial charge in [0.15, 0.2) is 6.10 Å². The molecular formula is C25H28O8. The van der Waals surface area contributed by atoms with Gasteiger partial charge < -0.3 is 23.7 Å². The largest absolute Gasteiger partial charge is 0.459 e. The van der Waals surface area contributed by atoms with Gasteiger partial charge in [-0.1, -0.05) is 48.5 Å². The fourth-order valence-electron chi connectivity index (χ4n) is 3.67. The summed E-state index contributed by atoms with van der Waals surface area (Å²) in [6.07, 6.45) is -2.14. The Hall–Kier alpha value is -3.23. The summed E-state index contributed by atoms with van der Waals surface area (Å²) in [5.41, 5.74) is 1.44. The monoisotopic (exact) mass is 456 g/mol. The van der Waals surface area contributed by atoms with Gasteiger partial charge in [-0.25, -0.2) is 4.79 Å². The number of esters is 3. The van der Waals surface area contributed by atoms with Gasteiger partial charge in [-0.3, -0.25) is 9.59 Å². The van der Waals surface area contributed by atoms with E-state index in [1.165, 1.54) is 13.8 Å². The van der Waals surface area contributed by atoms with Crippen LogP contribution >= 0.6 is 0 Å². The van der Waals surface area contributed by atoms with Crippen LogP contribution in [0.25, 0.3) is 0 Å². The van der Waals surface area contributed by atoms with Crippen LogP contribution in [0.5, 0.6) is 0 Å². The molecule has 1 aliphatic heterocycles. The third kappa shape index (κ3) is 7.40. The molecule has 176 valence electrons. The molecule has 0 aliphatic carbocycles. The molecule has 33 heavy (non-hydrogen) atoms. The molecule has 0 saturated carbocycles. The van der Waals surface area contributed by atoms with E-state index in [0.29, 0.717) is 25.2 Å². The van der Waals surface area contributed by atoms with E-state index >= 15 is 0 Å². The van der Waals surface area contributed by atoms with Gasteiger partial charge in [0.25, 0.3) is 0 Å². The average Bonchev–Trinajstić information content (AvgIpc) is 3.11. The predicted molar refractivity (Wildman–Crippen MR) is 117 cm³/mol. The van der Waals surface area contributed by atoms with Crippen molar-refractivity contribution in [3.05, 3.63) is 71.8 Å². The van der Waals surface area contributed by atoms with E-state index in [9.17, 15) is 14.4 Å². The van der Waals surface area contributed by atoms with E-state index in [1.54, 1.807) is 30.3 Å². The average molecular weight is 456 g/mol. The number of hydrogen-bond acceptors (Lipinski definition) is 8. The van der Waals surface area contributed by atoms with Crippen molar-refractivity contribution in [2.75, 3.05) is 13.2 Å². The maximum Gasteiger partial charge on any atom is 0.338 e. The normalized spacial score (nSPS) is 21.9. The molecule has 1 fully saturated rings. The second-order valence-electron chi connectivity index (χ2n) is 7.68. The first-order valence-electron chi connectivity index (χ1n) is 10.8. The summed E-state index contributed by atoms with van der Waals surface area (Å²) in [6, 6.07) is 18.3. The van der Waals surface area contributed by atoms with Gasteiger partial charge in [0.1, 0.15) is 12.7 Å². The summed E-state index contributed by atoms with van der Waals surface area (Å²) < 4.78 is 27.7. The van der Waals surface area contributed by atoms with Crippen LogP contribution in [0.2, 0.25) is 0 Å². The standard InChI is InChI=1S/C25H28O8/c1-17(26)31-23-21(13-14-29-15-19-9-5-3-6-10-19)22(33-25(23)32-18(2)27)16-30-24(28)20-11-7-4-8-12-20/h3-12,21-23,25H,13-16H2,1-2H3/t21?,22-,23?,25-/m1/s1. The highest BCUT2D eigenvalue weighted by molar-refractivity contribution is 5.89. The minimum absolute atomic E-state index is 0.0907. The minimum Gasteiger partial charge on any atom is -0.459 e. The van der Waals surface area contributed by atoms with Crippen molar-refractivity contribution in [1.82, 2.24) is 0 Å². The number of benzene rings is 2. The maximum absolute atomic E-state index is 12.4. The van der Waals surface area contributed by atoms with Crippen molar-refractivity contribution in [1.29, 1.82) is 0 Å². The molecule has 0 aromatic heterocycles. The Labute approximate surface area is 192 Å². The molecule has 0 spiro atoms. The molecule has 2 unspecified atom stereocenters. The molecule has 0 amide bonds. The van der Waals surface area contributed by atoms with Crippen molar-refractivity contribution in [2.24, 2.45) is 5.92 Å². The van der Waals surface area contributed by atoms with Crippen molar-refractivity contribution in [3.63, 3.8) is 0 Å². The van der Waals surface area contributed by atoms with Gasteiger partial charge in [0.2, 0.25) is 6.29 Å². The van der Waals surface area contributed by atoms with Crippen LogP contribution in [0.3, 0.4) is 0 Å². The molecule has 3 rings (SSSR count). The van der Waals surface area contributed by atoms with Crippen LogP contribution in [-0.2, 0) is 39.9 Å². The van der Waals surface area contributed by atoms with Crippen LogP contribution in [0.4, 0.5) is 0 Å². The number of carbonyl (C=O) groups is 3. The fourth-order valence-corrected chi connectivity index (χ4v) is 3.67. The quantitative estimate of drug-likeness (QED) is 0.305. The second-order valence-corrected chi connectivity index (χ2v) is 7.68. The zero-order valence-electron chi connectivity index (χ0n) is 18.7. The SMILES string of the molecule is CC(=O)OC1C(CCOCc2ccccc2)[C@@H](COC(=O)c2ccccc2)O[C@H]1OC(C)=O. The van der Waals surface area contributed by atoms with Crippen LogP contribution in [0.15, 0.2) is 60.7 Å². The van der Waals surface area contributed by atoms with Gasteiger partial charge >= 0.3 is 17.9 Å². The van der Waals surface area contributed by atoms with Crippen LogP contribution in [-0.4, -0.2) is 49.6 Å². The highest BCUT2D eigenvalue weighted by Gasteiger charge is 2.48. The summed E-state index contributed by atoms with van der Waals surface area (Å²) in [7, 11) is 0. The van der Waals surface area contributed by atoms with E-state index in [0.717, 1.165) is 5.56 Å². The highest BCUT2D eigenvalue weighted by atomic mass is 16.7. The fraction of sp³-hybridized carbons (Fsp3) is 0.400. The third-order valence-electron chi connectivity index (χ3n) is 5.16. The number of rotatable bonds is 10. The van der Waals surface area contributed by atoms with Crippen LogP contribution in [0, 0.1) is 5.92 Å². The Balaban J connectivity index is 1.66. The Morgan fingerprint density at radius 3 is 2.15 bits per heavy atom. The van der Waals surface area contributed by atoms with Gasteiger partial charge in [-0.15, -0.1) is 0 Å². The summed E-state index contributed by atoms with van der Waals surface area (Å²) >= 11 is 0. The highest BCUT2D eigenvalue weighted by Crippen LogP contribution is 2.33. The molecule has 8 nitrogen and oxygen atoms in total. The molecule has 2 aromatic carbocycles. The number of hydrogen-bond donors (Lipinski definition) is 0. The smallest absolute Gasteiger partial charge is 0.338 e. The lowest BCUT2D eigenvalue weighted by Gasteiger charge is -2.23. The van der Waals surface area contributed by atoms with Crippen molar-refractivity contribution < 1.29 is 38.1 Å². The van der Waals surface area contributed by atoms with Crippen molar-refractivity contribution in [3.8, 4) is 0 Å².